The molecule has 0 unspecified atom stereocenters. The zero-order valence-corrected chi connectivity index (χ0v) is 7.31. The smallest absolute Gasteiger partial charge is 0.332 e. The summed E-state index contributed by atoms with van der Waals surface area (Å²) >= 11 is 0. The van der Waals surface area contributed by atoms with E-state index in [1.165, 1.54) is 6.42 Å². The Morgan fingerprint density at radius 3 is 2.92 bits per heavy atom. The first kappa shape index (κ1) is 8.29. The molecule has 2 bridgehead atoms. The minimum Gasteiger partial charge on any atom is -0.350 e. The van der Waals surface area contributed by atoms with Crippen LogP contribution < -0.4 is 11.2 Å². The van der Waals surface area contributed by atoms with Gasteiger partial charge in [0.1, 0.15) is 0 Å². The van der Waals surface area contributed by atoms with Crippen LogP contribution in [0, 0.1) is 17.8 Å². The summed E-state index contributed by atoms with van der Waals surface area (Å²) in [5.41, 5.74) is 7.09. The molecule has 0 aromatic heterocycles. The Labute approximate surface area is 76.9 Å². The van der Waals surface area contributed by atoms with Crippen LogP contribution in [0.4, 0.5) is 4.79 Å². The Hall–Kier alpha value is -1.32. The Morgan fingerprint density at radius 1 is 1.54 bits per heavy atom. The van der Waals surface area contributed by atoms with E-state index in [1.54, 1.807) is 6.21 Å². The van der Waals surface area contributed by atoms with Gasteiger partial charge >= 0.3 is 6.03 Å². The first-order chi connectivity index (χ1) is 6.25. The molecule has 2 aliphatic rings. The molecule has 0 radical (unpaired) electrons. The Bertz CT molecular complexity index is 272. The zero-order chi connectivity index (χ0) is 9.26. The molecule has 1 saturated carbocycles. The van der Waals surface area contributed by atoms with Crippen LogP contribution in [0.15, 0.2) is 17.3 Å². The first-order valence-corrected chi connectivity index (χ1v) is 4.52. The number of carbonyl (C=O) groups is 1. The van der Waals surface area contributed by atoms with Gasteiger partial charge in [-0.15, -0.1) is 0 Å². The average molecular weight is 179 g/mol. The van der Waals surface area contributed by atoms with E-state index < -0.39 is 6.03 Å². The molecule has 0 aliphatic heterocycles. The van der Waals surface area contributed by atoms with Gasteiger partial charge in [-0.25, -0.2) is 10.2 Å². The van der Waals surface area contributed by atoms with Crippen molar-refractivity contribution in [1.29, 1.82) is 0 Å². The highest BCUT2D eigenvalue weighted by molar-refractivity contribution is 5.73. The summed E-state index contributed by atoms with van der Waals surface area (Å²) in [6.07, 6.45) is 8.73. The standard InChI is InChI=1S/C9H13N3O/c10-9(13)12-11-5-8-4-6-1-2-7(8)3-6/h1-2,5-8H,3-4H2,(H3,10,12,13)/b11-5-/t6-,7+,8-/m0/s1. The fourth-order valence-corrected chi connectivity index (χ4v) is 2.19. The molecule has 3 atom stereocenters. The van der Waals surface area contributed by atoms with Crippen LogP contribution in [0.3, 0.4) is 0 Å². The number of hydrazone groups is 1. The molecule has 4 heteroatoms. The largest absolute Gasteiger partial charge is 0.350 e. The van der Waals surface area contributed by atoms with Crippen molar-refractivity contribution in [3.05, 3.63) is 12.2 Å². The summed E-state index contributed by atoms with van der Waals surface area (Å²) in [4.78, 5) is 10.3. The third-order valence-electron chi connectivity index (χ3n) is 2.77. The number of nitrogens with zero attached hydrogens (tertiary/aromatic N) is 1. The second-order valence-corrected chi connectivity index (χ2v) is 3.70. The highest BCUT2D eigenvalue weighted by Gasteiger charge is 2.34. The third-order valence-corrected chi connectivity index (χ3v) is 2.77. The number of hydrogen-bond acceptors (Lipinski definition) is 2. The molecule has 13 heavy (non-hydrogen) atoms. The number of primary amides is 1. The van der Waals surface area contributed by atoms with Crippen LogP contribution in [-0.4, -0.2) is 12.2 Å². The summed E-state index contributed by atoms with van der Waals surface area (Å²) in [6.45, 7) is 0. The maximum absolute atomic E-state index is 10.3. The number of carbonyl (C=O) groups excluding carboxylic acids is 1. The summed E-state index contributed by atoms with van der Waals surface area (Å²) in [5.74, 6) is 1.85. The second-order valence-electron chi connectivity index (χ2n) is 3.70. The van der Waals surface area contributed by atoms with Crippen molar-refractivity contribution < 1.29 is 4.79 Å². The SMILES string of the molecule is NC(=O)N/N=C\[C@@H]1C[C@H]2C=C[C@@H]1C2. The van der Waals surface area contributed by atoms with Crippen LogP contribution in [0.5, 0.6) is 0 Å². The molecule has 0 aromatic carbocycles. The fraction of sp³-hybridized carbons (Fsp3) is 0.556. The minimum atomic E-state index is -0.602. The number of hydrogen-bond donors (Lipinski definition) is 2. The van der Waals surface area contributed by atoms with Gasteiger partial charge in [0.15, 0.2) is 0 Å². The van der Waals surface area contributed by atoms with E-state index in [1.807, 2.05) is 0 Å². The molecule has 2 amide bonds. The van der Waals surface area contributed by atoms with Crippen molar-refractivity contribution in [1.82, 2.24) is 5.43 Å². The van der Waals surface area contributed by atoms with Gasteiger partial charge in [-0.1, -0.05) is 12.2 Å². The summed E-state index contributed by atoms with van der Waals surface area (Å²) in [5, 5.41) is 3.79. The first-order valence-electron chi connectivity index (χ1n) is 4.52. The lowest BCUT2D eigenvalue weighted by atomic mass is 9.95. The van der Waals surface area contributed by atoms with Gasteiger partial charge in [0.2, 0.25) is 0 Å². The lowest BCUT2D eigenvalue weighted by Crippen LogP contribution is -2.25. The number of fused-ring (bicyclic) bond motifs is 2. The normalized spacial score (nSPS) is 35.8. The van der Waals surface area contributed by atoms with Crippen molar-refractivity contribution in [3.63, 3.8) is 0 Å². The van der Waals surface area contributed by atoms with Crippen LogP contribution in [0.25, 0.3) is 0 Å². The molecule has 0 saturated heterocycles. The van der Waals surface area contributed by atoms with E-state index in [0.717, 1.165) is 12.3 Å². The van der Waals surface area contributed by atoms with E-state index in [4.69, 9.17) is 5.73 Å². The Morgan fingerprint density at radius 2 is 2.38 bits per heavy atom. The monoisotopic (exact) mass is 179 g/mol. The van der Waals surface area contributed by atoms with Crippen molar-refractivity contribution in [2.24, 2.45) is 28.6 Å². The van der Waals surface area contributed by atoms with Crippen molar-refractivity contribution in [2.45, 2.75) is 12.8 Å². The third kappa shape index (κ3) is 1.71. The van der Waals surface area contributed by atoms with Crippen molar-refractivity contribution in [2.75, 3.05) is 0 Å². The van der Waals surface area contributed by atoms with Gasteiger partial charge in [-0.2, -0.15) is 5.10 Å². The van der Waals surface area contributed by atoms with Gasteiger partial charge in [0.25, 0.3) is 0 Å². The van der Waals surface area contributed by atoms with Crippen LogP contribution in [0.2, 0.25) is 0 Å². The van der Waals surface area contributed by atoms with Crippen molar-refractivity contribution >= 4 is 12.2 Å². The van der Waals surface area contributed by atoms with Crippen LogP contribution in [0.1, 0.15) is 12.8 Å². The number of nitrogens with two attached hydrogens (primary N) is 1. The van der Waals surface area contributed by atoms with Gasteiger partial charge in [-0.05, 0) is 24.7 Å². The number of amides is 2. The molecular weight excluding hydrogens is 166 g/mol. The van der Waals surface area contributed by atoms with Gasteiger partial charge in [0, 0.05) is 12.1 Å². The molecule has 2 aliphatic carbocycles. The average Bonchev–Trinajstić information content (AvgIpc) is 2.64. The van der Waals surface area contributed by atoms with E-state index in [0.29, 0.717) is 11.8 Å². The zero-order valence-electron chi connectivity index (χ0n) is 7.31. The minimum absolute atomic E-state index is 0.488. The Balaban J connectivity index is 1.86. The molecule has 1 fully saturated rings. The summed E-state index contributed by atoms with van der Waals surface area (Å²) in [7, 11) is 0. The highest BCUT2D eigenvalue weighted by atomic mass is 16.2. The van der Waals surface area contributed by atoms with E-state index in [9.17, 15) is 4.79 Å². The topological polar surface area (TPSA) is 67.5 Å². The maximum atomic E-state index is 10.3. The number of allylic oxidation sites excluding steroid dienone is 2. The van der Waals surface area contributed by atoms with Gasteiger partial charge in [-0.3, -0.25) is 0 Å². The van der Waals surface area contributed by atoms with Gasteiger partial charge in [0.05, 0.1) is 0 Å². The van der Waals surface area contributed by atoms with Gasteiger partial charge < -0.3 is 5.73 Å². The molecule has 0 heterocycles. The molecule has 2 rings (SSSR count). The molecule has 70 valence electrons. The molecular formula is C9H13N3O. The molecule has 0 aromatic rings. The summed E-state index contributed by atoms with van der Waals surface area (Å²) in [6, 6.07) is -0.602. The summed E-state index contributed by atoms with van der Waals surface area (Å²) < 4.78 is 0. The van der Waals surface area contributed by atoms with E-state index in [2.05, 4.69) is 22.7 Å². The number of urea groups is 1. The van der Waals surface area contributed by atoms with E-state index >= 15 is 0 Å². The lowest BCUT2D eigenvalue weighted by Gasteiger charge is -2.11. The van der Waals surface area contributed by atoms with E-state index in [-0.39, 0.29) is 0 Å². The van der Waals surface area contributed by atoms with Crippen LogP contribution >= 0.6 is 0 Å². The molecule has 0 spiro atoms. The second kappa shape index (κ2) is 3.20. The Kier molecular flexibility index (Phi) is 2.04. The van der Waals surface area contributed by atoms with Crippen molar-refractivity contribution in [3.8, 4) is 0 Å². The lowest BCUT2D eigenvalue weighted by molar-refractivity contribution is 0.249. The predicted molar refractivity (Wildman–Crippen MR) is 50.1 cm³/mol. The number of nitrogens with one attached hydrogen (secondary N) is 1. The highest BCUT2D eigenvalue weighted by Crippen LogP contribution is 2.42. The number of rotatable bonds is 2. The fourth-order valence-electron chi connectivity index (χ4n) is 2.19. The van der Waals surface area contributed by atoms with Crippen LogP contribution in [-0.2, 0) is 0 Å². The molecule has 4 nitrogen and oxygen atoms in total. The quantitative estimate of drug-likeness (QED) is 0.368. The molecule has 3 N–H and O–H groups in total. The predicted octanol–water partition coefficient (Wildman–Crippen LogP) is 0.853. The maximum Gasteiger partial charge on any atom is 0.332 e.